The van der Waals surface area contributed by atoms with E-state index in [9.17, 15) is 9.59 Å². The summed E-state index contributed by atoms with van der Waals surface area (Å²) in [6, 6.07) is 1.62. The highest BCUT2D eigenvalue weighted by molar-refractivity contribution is 6.31. The van der Waals surface area contributed by atoms with Crippen LogP contribution < -0.4 is 0 Å². The van der Waals surface area contributed by atoms with Crippen molar-refractivity contribution in [2.45, 2.75) is 26.0 Å². The number of hydrogen-bond acceptors (Lipinski definition) is 3. The molecule has 1 N–H and O–H groups in total. The van der Waals surface area contributed by atoms with Gasteiger partial charge in [0.05, 0.1) is 18.2 Å². The van der Waals surface area contributed by atoms with Crippen LogP contribution in [0.1, 0.15) is 23.8 Å². The maximum absolute atomic E-state index is 12.5. The number of carboxylic acid groups (broad SMARTS) is 1. The summed E-state index contributed by atoms with van der Waals surface area (Å²) in [5.74, 6) is -1.26. The van der Waals surface area contributed by atoms with Crippen LogP contribution in [0.25, 0.3) is 0 Å². The molecule has 0 bridgehead atoms. The van der Waals surface area contributed by atoms with Crippen LogP contribution in [0.5, 0.6) is 0 Å². The number of aliphatic carboxylic acids is 1. The first kappa shape index (κ1) is 14.9. The molecule has 1 aromatic rings. The second-order valence-electron chi connectivity index (χ2n) is 4.69. The molecule has 1 fully saturated rings. The van der Waals surface area contributed by atoms with Crippen LogP contribution in [0, 0.1) is 0 Å². The summed E-state index contributed by atoms with van der Waals surface area (Å²) in [5, 5.41) is 9.47. The van der Waals surface area contributed by atoms with Crippen molar-refractivity contribution in [3.63, 3.8) is 0 Å². The van der Waals surface area contributed by atoms with Gasteiger partial charge in [-0.15, -0.1) is 0 Å². The maximum Gasteiger partial charge on any atom is 0.334 e. The predicted octanol–water partition coefficient (Wildman–Crippen LogP) is 1.48. The van der Waals surface area contributed by atoms with E-state index >= 15 is 0 Å². The Labute approximate surface area is 121 Å². The van der Waals surface area contributed by atoms with E-state index in [0.29, 0.717) is 23.8 Å². The number of aryl methyl sites for hydroxylation is 1. The van der Waals surface area contributed by atoms with Crippen LogP contribution >= 0.6 is 11.6 Å². The average molecular weight is 301 g/mol. The molecule has 6 nitrogen and oxygen atoms in total. The third-order valence-corrected chi connectivity index (χ3v) is 3.38. The zero-order valence-electron chi connectivity index (χ0n) is 11.2. The van der Waals surface area contributed by atoms with Gasteiger partial charge in [-0.1, -0.05) is 18.5 Å². The lowest BCUT2D eigenvalue weighted by Crippen LogP contribution is -2.48. The van der Waals surface area contributed by atoms with E-state index in [2.05, 4.69) is 0 Å². The van der Waals surface area contributed by atoms with Gasteiger partial charge in [-0.2, -0.15) is 0 Å². The fourth-order valence-electron chi connectivity index (χ4n) is 2.22. The van der Waals surface area contributed by atoms with Crippen LogP contribution in [0.3, 0.4) is 0 Å². The van der Waals surface area contributed by atoms with E-state index in [-0.39, 0.29) is 19.1 Å². The Balaban J connectivity index is 2.16. The Hall–Kier alpha value is -1.53. The fourth-order valence-corrected chi connectivity index (χ4v) is 2.45. The average Bonchev–Trinajstić information content (AvgIpc) is 2.79. The molecule has 0 saturated carbocycles. The first-order valence-corrected chi connectivity index (χ1v) is 6.90. The van der Waals surface area contributed by atoms with Gasteiger partial charge in [0, 0.05) is 19.3 Å². The molecule has 110 valence electrons. The number of carbonyl (C=O) groups is 2. The predicted molar refractivity (Wildman–Crippen MR) is 73.0 cm³/mol. The summed E-state index contributed by atoms with van der Waals surface area (Å²) in [6.07, 6.45) is 1.64. The first-order valence-electron chi connectivity index (χ1n) is 6.52. The summed E-state index contributed by atoms with van der Waals surface area (Å²) in [5.41, 5.74) is 0.489. The van der Waals surface area contributed by atoms with Crippen LogP contribution in [0.4, 0.5) is 0 Å². The highest BCUT2D eigenvalue weighted by Gasteiger charge is 2.30. The highest BCUT2D eigenvalue weighted by atomic mass is 35.5. The van der Waals surface area contributed by atoms with Gasteiger partial charge in [-0.05, 0) is 12.5 Å². The summed E-state index contributed by atoms with van der Waals surface area (Å²) < 4.78 is 6.91. The molecule has 1 amide bonds. The molecule has 0 spiro atoms. The monoisotopic (exact) mass is 300 g/mol. The minimum Gasteiger partial charge on any atom is -0.479 e. The maximum atomic E-state index is 12.5. The summed E-state index contributed by atoms with van der Waals surface area (Å²) >= 11 is 5.95. The van der Waals surface area contributed by atoms with E-state index in [0.717, 1.165) is 6.42 Å². The number of carboxylic acids is 1. The fraction of sp³-hybridized carbons (Fsp3) is 0.538. The van der Waals surface area contributed by atoms with E-state index in [1.54, 1.807) is 16.8 Å². The molecule has 2 heterocycles. The zero-order valence-corrected chi connectivity index (χ0v) is 12.0. The second-order valence-corrected chi connectivity index (χ2v) is 5.12. The molecule has 1 saturated heterocycles. The Morgan fingerprint density at radius 3 is 2.95 bits per heavy atom. The number of nitrogens with zero attached hydrogens (tertiary/aromatic N) is 2. The van der Waals surface area contributed by atoms with Gasteiger partial charge in [0.25, 0.3) is 5.91 Å². The molecule has 20 heavy (non-hydrogen) atoms. The molecule has 1 atom stereocenters. The molecule has 1 unspecified atom stereocenters. The topological polar surface area (TPSA) is 71.8 Å². The van der Waals surface area contributed by atoms with Crippen molar-refractivity contribution in [1.29, 1.82) is 0 Å². The van der Waals surface area contributed by atoms with Crippen molar-refractivity contribution < 1.29 is 19.4 Å². The van der Waals surface area contributed by atoms with Crippen LogP contribution in [0.15, 0.2) is 12.3 Å². The lowest BCUT2D eigenvalue weighted by atomic mass is 10.2. The second kappa shape index (κ2) is 6.28. The summed E-state index contributed by atoms with van der Waals surface area (Å²) in [7, 11) is 0. The third kappa shape index (κ3) is 3.13. The SMILES string of the molecule is CCCn1cc(Cl)cc1C(=O)N1CCOC(C(=O)O)C1. The zero-order chi connectivity index (χ0) is 14.7. The number of rotatable bonds is 4. The van der Waals surface area contributed by atoms with Gasteiger partial charge in [0.1, 0.15) is 5.69 Å². The van der Waals surface area contributed by atoms with Gasteiger partial charge >= 0.3 is 5.97 Å². The van der Waals surface area contributed by atoms with Crippen molar-refractivity contribution in [2.24, 2.45) is 0 Å². The Morgan fingerprint density at radius 2 is 2.30 bits per heavy atom. The molecule has 0 aromatic carbocycles. The quantitative estimate of drug-likeness (QED) is 0.914. The summed E-state index contributed by atoms with van der Waals surface area (Å²) in [6.45, 7) is 3.38. The molecule has 1 aliphatic heterocycles. The normalized spacial score (nSPS) is 19.1. The summed E-state index contributed by atoms with van der Waals surface area (Å²) in [4.78, 5) is 24.9. The Morgan fingerprint density at radius 1 is 1.55 bits per heavy atom. The van der Waals surface area contributed by atoms with Crippen molar-refractivity contribution in [1.82, 2.24) is 9.47 Å². The number of aromatic nitrogens is 1. The molecule has 2 rings (SSSR count). The smallest absolute Gasteiger partial charge is 0.334 e. The van der Waals surface area contributed by atoms with Gasteiger partial charge in [-0.25, -0.2) is 4.79 Å². The van der Waals surface area contributed by atoms with Crippen molar-refractivity contribution in [3.05, 3.63) is 23.0 Å². The molecule has 0 aliphatic carbocycles. The number of carbonyl (C=O) groups excluding carboxylic acids is 1. The molecular weight excluding hydrogens is 284 g/mol. The van der Waals surface area contributed by atoms with Crippen LogP contribution in [-0.2, 0) is 16.1 Å². The lowest BCUT2D eigenvalue weighted by Gasteiger charge is -2.31. The van der Waals surface area contributed by atoms with Crippen LogP contribution in [-0.4, -0.2) is 52.3 Å². The third-order valence-electron chi connectivity index (χ3n) is 3.18. The van der Waals surface area contributed by atoms with Gasteiger partial charge in [0.2, 0.25) is 0 Å². The largest absolute Gasteiger partial charge is 0.479 e. The number of hydrogen-bond donors (Lipinski definition) is 1. The number of halogens is 1. The number of ether oxygens (including phenoxy) is 1. The Kier molecular flexibility index (Phi) is 4.67. The molecular formula is C13H17ClN2O4. The highest BCUT2D eigenvalue weighted by Crippen LogP contribution is 2.18. The van der Waals surface area contributed by atoms with E-state index in [1.807, 2.05) is 6.92 Å². The van der Waals surface area contributed by atoms with E-state index in [1.165, 1.54) is 4.90 Å². The lowest BCUT2D eigenvalue weighted by molar-refractivity contribution is -0.154. The molecule has 0 radical (unpaired) electrons. The van der Waals surface area contributed by atoms with E-state index in [4.69, 9.17) is 21.4 Å². The number of amides is 1. The van der Waals surface area contributed by atoms with Crippen LogP contribution in [0.2, 0.25) is 5.02 Å². The first-order chi connectivity index (χ1) is 9.52. The van der Waals surface area contributed by atoms with Gasteiger partial charge < -0.3 is 19.3 Å². The molecule has 1 aromatic heterocycles. The van der Waals surface area contributed by atoms with E-state index < -0.39 is 12.1 Å². The van der Waals surface area contributed by atoms with Crippen molar-refractivity contribution in [2.75, 3.05) is 19.7 Å². The van der Waals surface area contributed by atoms with Crippen molar-refractivity contribution in [3.8, 4) is 0 Å². The minimum absolute atomic E-state index is 0.0586. The molecule has 1 aliphatic rings. The Bertz CT molecular complexity index is 514. The minimum atomic E-state index is -1.05. The van der Waals surface area contributed by atoms with Crippen molar-refractivity contribution >= 4 is 23.5 Å². The number of morpholine rings is 1. The van der Waals surface area contributed by atoms with Gasteiger partial charge in [0.15, 0.2) is 6.10 Å². The van der Waals surface area contributed by atoms with Gasteiger partial charge in [-0.3, -0.25) is 4.79 Å². The standard InChI is InChI=1S/C13H17ClN2O4/c1-2-3-15-7-9(14)6-10(15)12(17)16-4-5-20-11(8-16)13(18)19/h6-7,11H,2-5,8H2,1H3,(H,18,19). The molecule has 7 heteroatoms.